The summed E-state index contributed by atoms with van der Waals surface area (Å²) in [6, 6.07) is 0. The Morgan fingerprint density at radius 3 is 3.22 bits per heavy atom. The smallest absolute Gasteiger partial charge is 0.116 e. The van der Waals surface area contributed by atoms with E-state index in [0.717, 1.165) is 6.42 Å². The first-order chi connectivity index (χ1) is 4.43. The Labute approximate surface area is 55.3 Å². The highest BCUT2D eigenvalue weighted by Gasteiger charge is 1.90. The minimum Gasteiger partial charge on any atom is -0.285 e. The molecule has 1 rings (SSSR count). The SMILES string of the molecule is CCCCc1[c]n[nH]c1. The van der Waals surface area contributed by atoms with Gasteiger partial charge in [-0.3, -0.25) is 5.10 Å². The molecule has 0 aliphatic heterocycles. The average Bonchev–Trinajstić information content (AvgIpc) is 2.34. The highest BCUT2D eigenvalue weighted by Crippen LogP contribution is 1.99. The summed E-state index contributed by atoms with van der Waals surface area (Å²) in [4.78, 5) is 0. The van der Waals surface area contributed by atoms with E-state index in [1.54, 1.807) is 0 Å². The fourth-order valence-corrected chi connectivity index (χ4v) is 0.742. The molecule has 2 heteroatoms. The van der Waals surface area contributed by atoms with Crippen molar-refractivity contribution in [1.29, 1.82) is 0 Å². The molecule has 0 aliphatic rings. The number of aromatic nitrogens is 2. The zero-order valence-corrected chi connectivity index (χ0v) is 5.65. The zero-order chi connectivity index (χ0) is 6.53. The van der Waals surface area contributed by atoms with Crippen LogP contribution in [0.3, 0.4) is 0 Å². The van der Waals surface area contributed by atoms with E-state index >= 15 is 0 Å². The number of H-pyrrole nitrogens is 1. The molecular formula is C7H11N2. The highest BCUT2D eigenvalue weighted by molar-refractivity contribution is 4.99. The molecule has 0 spiro atoms. The van der Waals surface area contributed by atoms with Crippen LogP contribution in [0.1, 0.15) is 25.3 Å². The molecule has 49 valence electrons. The van der Waals surface area contributed by atoms with Crippen LogP contribution in [0.25, 0.3) is 0 Å². The molecule has 0 saturated carbocycles. The predicted octanol–water partition coefficient (Wildman–Crippen LogP) is 1.55. The molecule has 0 fully saturated rings. The standard InChI is InChI=1S/C7H11N2/c1-2-3-4-7-5-8-9-6-7/h5H,2-4H2,1H3,(H,8,9). The first-order valence-corrected chi connectivity index (χ1v) is 3.34. The fourth-order valence-electron chi connectivity index (χ4n) is 0.742. The van der Waals surface area contributed by atoms with E-state index in [9.17, 15) is 0 Å². The number of aryl methyl sites for hydroxylation is 1. The van der Waals surface area contributed by atoms with Crippen molar-refractivity contribution < 1.29 is 0 Å². The van der Waals surface area contributed by atoms with Crippen molar-refractivity contribution in [3.63, 3.8) is 0 Å². The summed E-state index contributed by atoms with van der Waals surface area (Å²) in [5.74, 6) is 0. The molecule has 1 radical (unpaired) electrons. The molecule has 0 aromatic carbocycles. The molecule has 0 aliphatic carbocycles. The molecule has 0 amide bonds. The maximum Gasteiger partial charge on any atom is 0.116 e. The van der Waals surface area contributed by atoms with Gasteiger partial charge >= 0.3 is 0 Å². The molecule has 0 unspecified atom stereocenters. The molecule has 1 heterocycles. The lowest BCUT2D eigenvalue weighted by atomic mass is 10.2. The maximum atomic E-state index is 3.73. The molecule has 0 bridgehead atoms. The van der Waals surface area contributed by atoms with Gasteiger partial charge in [0.2, 0.25) is 0 Å². The van der Waals surface area contributed by atoms with Gasteiger partial charge in [-0.25, -0.2) is 0 Å². The van der Waals surface area contributed by atoms with Gasteiger partial charge in [0.25, 0.3) is 0 Å². The molecule has 1 N–H and O–H groups in total. The van der Waals surface area contributed by atoms with Crippen LogP contribution in [-0.2, 0) is 6.42 Å². The van der Waals surface area contributed by atoms with Crippen molar-refractivity contribution in [2.24, 2.45) is 0 Å². The van der Waals surface area contributed by atoms with Gasteiger partial charge in [0.1, 0.15) is 6.20 Å². The summed E-state index contributed by atoms with van der Waals surface area (Å²) in [7, 11) is 0. The van der Waals surface area contributed by atoms with Crippen molar-refractivity contribution >= 4 is 0 Å². The fraction of sp³-hybridized carbons (Fsp3) is 0.571. The predicted molar refractivity (Wildman–Crippen MR) is 36.0 cm³/mol. The van der Waals surface area contributed by atoms with E-state index in [4.69, 9.17) is 0 Å². The third kappa shape index (κ3) is 1.88. The molecular weight excluding hydrogens is 112 g/mol. The number of nitrogens with one attached hydrogen (secondary N) is 1. The van der Waals surface area contributed by atoms with Crippen LogP contribution in [0.15, 0.2) is 6.20 Å². The van der Waals surface area contributed by atoms with Crippen LogP contribution in [0.4, 0.5) is 0 Å². The summed E-state index contributed by atoms with van der Waals surface area (Å²) in [5, 5.41) is 6.46. The van der Waals surface area contributed by atoms with Gasteiger partial charge in [-0.05, 0) is 18.4 Å². The molecule has 9 heavy (non-hydrogen) atoms. The Morgan fingerprint density at radius 2 is 2.67 bits per heavy atom. The van der Waals surface area contributed by atoms with Crippen molar-refractivity contribution in [3.8, 4) is 0 Å². The van der Waals surface area contributed by atoms with Gasteiger partial charge in [0.15, 0.2) is 0 Å². The summed E-state index contributed by atoms with van der Waals surface area (Å²) in [6.45, 7) is 2.18. The van der Waals surface area contributed by atoms with Crippen LogP contribution in [0.5, 0.6) is 0 Å². The molecule has 0 atom stereocenters. The Morgan fingerprint density at radius 1 is 1.78 bits per heavy atom. The normalized spacial score (nSPS) is 9.89. The Kier molecular flexibility index (Phi) is 2.31. The van der Waals surface area contributed by atoms with Crippen molar-refractivity contribution in [2.45, 2.75) is 26.2 Å². The van der Waals surface area contributed by atoms with Crippen LogP contribution in [0, 0.1) is 6.20 Å². The number of nitrogens with zero attached hydrogens (tertiary/aromatic N) is 1. The van der Waals surface area contributed by atoms with E-state index in [0.29, 0.717) is 0 Å². The quantitative estimate of drug-likeness (QED) is 0.649. The van der Waals surface area contributed by atoms with Gasteiger partial charge in [0, 0.05) is 6.20 Å². The topological polar surface area (TPSA) is 28.7 Å². The minimum absolute atomic E-state index is 1.10. The number of aromatic amines is 1. The number of unbranched alkanes of at least 4 members (excludes halogenated alkanes) is 1. The van der Waals surface area contributed by atoms with Crippen LogP contribution in [-0.4, -0.2) is 10.2 Å². The van der Waals surface area contributed by atoms with Gasteiger partial charge in [-0.15, -0.1) is 0 Å². The molecule has 1 aromatic heterocycles. The van der Waals surface area contributed by atoms with Gasteiger partial charge in [0.05, 0.1) is 0 Å². The van der Waals surface area contributed by atoms with E-state index in [1.165, 1.54) is 18.4 Å². The second-order valence-electron chi connectivity index (χ2n) is 2.13. The molecule has 1 aromatic rings. The van der Waals surface area contributed by atoms with Crippen LogP contribution >= 0.6 is 0 Å². The lowest BCUT2D eigenvalue weighted by molar-refractivity contribution is 0.795. The summed E-state index contributed by atoms with van der Waals surface area (Å²) < 4.78 is 0. The van der Waals surface area contributed by atoms with E-state index in [2.05, 4.69) is 23.3 Å². The number of hydrogen-bond donors (Lipinski definition) is 1. The van der Waals surface area contributed by atoms with Gasteiger partial charge in [-0.1, -0.05) is 13.3 Å². The van der Waals surface area contributed by atoms with Crippen LogP contribution < -0.4 is 0 Å². The molecule has 0 saturated heterocycles. The third-order valence-corrected chi connectivity index (χ3v) is 1.30. The zero-order valence-electron chi connectivity index (χ0n) is 5.65. The number of rotatable bonds is 3. The van der Waals surface area contributed by atoms with E-state index in [-0.39, 0.29) is 0 Å². The second-order valence-corrected chi connectivity index (χ2v) is 2.13. The van der Waals surface area contributed by atoms with Crippen molar-refractivity contribution in [3.05, 3.63) is 18.0 Å². The Bertz CT molecular complexity index is 144. The summed E-state index contributed by atoms with van der Waals surface area (Å²) in [6.07, 6.45) is 8.34. The first kappa shape index (κ1) is 6.33. The average molecular weight is 123 g/mol. The third-order valence-electron chi connectivity index (χ3n) is 1.30. The van der Waals surface area contributed by atoms with Crippen molar-refractivity contribution in [2.75, 3.05) is 0 Å². The van der Waals surface area contributed by atoms with Gasteiger partial charge < -0.3 is 0 Å². The maximum absolute atomic E-state index is 3.73. The summed E-state index contributed by atoms with van der Waals surface area (Å²) >= 11 is 0. The first-order valence-electron chi connectivity index (χ1n) is 3.34. The Balaban J connectivity index is 2.30. The van der Waals surface area contributed by atoms with Gasteiger partial charge in [-0.2, -0.15) is 5.10 Å². The second kappa shape index (κ2) is 3.28. The lowest BCUT2D eigenvalue weighted by Gasteiger charge is -1.88. The van der Waals surface area contributed by atoms with E-state index < -0.39 is 0 Å². The lowest BCUT2D eigenvalue weighted by Crippen LogP contribution is -1.78. The Hall–Kier alpha value is -0.790. The highest BCUT2D eigenvalue weighted by atomic mass is 15.1. The van der Waals surface area contributed by atoms with Crippen LogP contribution in [0.2, 0.25) is 0 Å². The van der Waals surface area contributed by atoms with E-state index in [1.807, 2.05) is 6.20 Å². The number of hydrogen-bond acceptors (Lipinski definition) is 1. The van der Waals surface area contributed by atoms with Crippen molar-refractivity contribution in [1.82, 2.24) is 10.2 Å². The molecule has 2 nitrogen and oxygen atoms in total. The minimum atomic E-state index is 1.10. The monoisotopic (exact) mass is 123 g/mol. The largest absolute Gasteiger partial charge is 0.285 e. The summed E-state index contributed by atoms with van der Waals surface area (Å²) in [5.41, 5.74) is 1.19.